The van der Waals surface area contributed by atoms with Crippen molar-refractivity contribution in [1.29, 1.82) is 0 Å². The van der Waals surface area contributed by atoms with Crippen LogP contribution in [0, 0.1) is 11.8 Å². The normalized spacial score (nSPS) is 25.2. The van der Waals surface area contributed by atoms with Crippen LogP contribution in [-0.4, -0.2) is 71.2 Å². The summed E-state index contributed by atoms with van der Waals surface area (Å²) in [4.78, 5) is 48.9. The minimum Gasteiger partial charge on any atom is -0.394 e. The number of fused-ring (bicyclic) bond motifs is 1. The maximum atomic E-state index is 14.9. The van der Waals surface area contributed by atoms with Crippen molar-refractivity contribution in [3.05, 3.63) is 121 Å². The third-order valence-electron chi connectivity index (χ3n) is 9.54. The number of rotatable bonds is 12. The van der Waals surface area contributed by atoms with E-state index in [0.717, 1.165) is 5.56 Å². The van der Waals surface area contributed by atoms with Crippen LogP contribution in [0.2, 0.25) is 5.02 Å². The number of hydrogen-bond donors (Lipinski definition) is 1. The number of para-hydroxylation sites is 1. The summed E-state index contributed by atoms with van der Waals surface area (Å²) in [5.74, 6) is -2.65. The van der Waals surface area contributed by atoms with Gasteiger partial charge >= 0.3 is 0 Å². The van der Waals surface area contributed by atoms with Crippen molar-refractivity contribution < 1.29 is 24.2 Å². The molecule has 238 valence electrons. The van der Waals surface area contributed by atoms with Gasteiger partial charge in [0.15, 0.2) is 0 Å². The van der Waals surface area contributed by atoms with Crippen molar-refractivity contribution in [3.63, 3.8) is 0 Å². The molecule has 3 aliphatic rings. The zero-order chi connectivity index (χ0) is 32.4. The van der Waals surface area contributed by atoms with Gasteiger partial charge in [-0.3, -0.25) is 14.4 Å². The fourth-order valence-electron chi connectivity index (χ4n) is 7.64. The van der Waals surface area contributed by atoms with Crippen molar-refractivity contribution in [2.24, 2.45) is 11.8 Å². The van der Waals surface area contributed by atoms with Crippen LogP contribution in [0.3, 0.4) is 0 Å². The molecule has 6 atom stereocenters. The molecule has 9 heteroatoms. The molecule has 3 aromatic rings. The highest BCUT2D eigenvalue weighted by atomic mass is 35.5. The third kappa shape index (κ3) is 5.44. The summed E-state index contributed by atoms with van der Waals surface area (Å²) in [6.45, 7) is 7.80. The molecule has 2 unspecified atom stereocenters. The summed E-state index contributed by atoms with van der Waals surface area (Å²) < 4.78 is 6.73. The summed E-state index contributed by atoms with van der Waals surface area (Å²) in [6, 6.07) is 23.9. The molecule has 3 heterocycles. The second kappa shape index (κ2) is 13.2. The van der Waals surface area contributed by atoms with E-state index in [4.69, 9.17) is 16.3 Å². The summed E-state index contributed by atoms with van der Waals surface area (Å²) >= 11 is 6.17. The average molecular weight is 640 g/mol. The van der Waals surface area contributed by atoms with Crippen molar-refractivity contribution in [1.82, 2.24) is 4.90 Å². The first-order valence-corrected chi connectivity index (χ1v) is 16.0. The predicted molar refractivity (Wildman–Crippen MR) is 178 cm³/mol. The molecule has 8 nitrogen and oxygen atoms in total. The van der Waals surface area contributed by atoms with Gasteiger partial charge in [-0.25, -0.2) is 0 Å². The zero-order valence-electron chi connectivity index (χ0n) is 25.6. The van der Waals surface area contributed by atoms with Crippen LogP contribution in [0.1, 0.15) is 18.4 Å². The van der Waals surface area contributed by atoms with E-state index in [0.29, 0.717) is 35.7 Å². The Labute approximate surface area is 274 Å². The molecule has 3 aromatic carbocycles. The van der Waals surface area contributed by atoms with E-state index in [1.54, 1.807) is 46.2 Å². The lowest BCUT2D eigenvalue weighted by Crippen LogP contribution is -2.59. The Balaban J connectivity index is 1.45. The van der Waals surface area contributed by atoms with Crippen LogP contribution in [0.25, 0.3) is 0 Å². The second-order valence-corrected chi connectivity index (χ2v) is 12.6. The number of likely N-dealkylation sites (tertiary alicyclic amines) is 1. The second-order valence-electron chi connectivity index (χ2n) is 12.1. The number of anilines is 2. The van der Waals surface area contributed by atoms with Crippen molar-refractivity contribution in [3.8, 4) is 0 Å². The first-order valence-electron chi connectivity index (χ1n) is 15.6. The number of nitrogens with zero attached hydrogens (tertiary/aromatic N) is 3. The van der Waals surface area contributed by atoms with Crippen molar-refractivity contribution in [2.45, 2.75) is 43.1 Å². The lowest BCUT2D eigenvalue weighted by atomic mass is 9.70. The minimum absolute atomic E-state index is 0.176. The van der Waals surface area contributed by atoms with Gasteiger partial charge in [-0.1, -0.05) is 72.3 Å². The van der Waals surface area contributed by atoms with Crippen LogP contribution in [0.4, 0.5) is 11.4 Å². The fraction of sp³-hybridized carbons (Fsp3) is 0.324. The summed E-state index contributed by atoms with van der Waals surface area (Å²) in [6.07, 6.45) is 4.04. The zero-order valence-corrected chi connectivity index (χ0v) is 26.3. The van der Waals surface area contributed by atoms with Crippen molar-refractivity contribution in [2.75, 3.05) is 29.5 Å². The molecule has 0 aromatic heterocycles. The number of halogens is 1. The Hall–Kier alpha value is -4.24. The molecule has 46 heavy (non-hydrogen) atoms. The molecule has 3 aliphatic heterocycles. The van der Waals surface area contributed by atoms with Crippen LogP contribution < -0.4 is 9.80 Å². The molecular formula is C37H38ClN3O5. The fourth-order valence-corrected chi connectivity index (χ4v) is 7.77. The number of amides is 3. The lowest BCUT2D eigenvalue weighted by Gasteiger charge is -2.39. The van der Waals surface area contributed by atoms with E-state index in [-0.39, 0.29) is 37.4 Å². The van der Waals surface area contributed by atoms with Gasteiger partial charge in [0, 0.05) is 29.5 Å². The quantitative estimate of drug-likeness (QED) is 0.280. The van der Waals surface area contributed by atoms with E-state index in [2.05, 4.69) is 13.2 Å². The van der Waals surface area contributed by atoms with Crippen LogP contribution >= 0.6 is 11.6 Å². The SMILES string of the molecule is C=CCN(C(=O)C1N([C@@H](CO)Cc2ccccc2)C(=O)[C@@H]2[C@H](C(=O)N(CC=C)c3ccccc3)[C@@H]3CCC12O3)c1ccc(Cl)cc1. The summed E-state index contributed by atoms with van der Waals surface area (Å²) in [5.41, 5.74) is 0.948. The van der Waals surface area contributed by atoms with E-state index in [1.165, 1.54) is 4.90 Å². The molecule has 1 spiro atoms. The Kier molecular flexibility index (Phi) is 9.13. The molecule has 3 fully saturated rings. The highest BCUT2D eigenvalue weighted by Crippen LogP contribution is 2.59. The highest BCUT2D eigenvalue weighted by Gasteiger charge is 2.75. The average Bonchev–Trinajstić information content (AvgIpc) is 3.73. The standard InChI is InChI=1S/C37H38ClN3O5/c1-3-21-39(27-13-9-6-10-14-27)34(43)31-30-19-20-37(46-30)32(31)35(44)41(29(24-42)23-25-11-7-5-8-12-25)33(37)36(45)40(22-4-2)28-17-15-26(38)16-18-28/h3-18,29-33,42H,1-2,19-24H2/t29-,30+,31-,32+,33?,37?/m1/s1. The molecule has 3 amide bonds. The number of hydrogen-bond acceptors (Lipinski definition) is 5. The number of aliphatic hydroxyl groups excluding tert-OH is 1. The molecule has 0 aliphatic carbocycles. The molecule has 6 rings (SSSR count). The number of aliphatic hydroxyl groups is 1. The molecular weight excluding hydrogens is 602 g/mol. The van der Waals surface area contributed by atoms with E-state index >= 15 is 0 Å². The third-order valence-corrected chi connectivity index (χ3v) is 9.79. The lowest BCUT2D eigenvalue weighted by molar-refractivity contribution is -0.144. The van der Waals surface area contributed by atoms with Gasteiger partial charge in [0.05, 0.1) is 30.6 Å². The molecule has 0 saturated carbocycles. The van der Waals surface area contributed by atoms with Gasteiger partial charge in [0.2, 0.25) is 11.8 Å². The van der Waals surface area contributed by atoms with Crippen LogP contribution in [0.15, 0.2) is 110 Å². The molecule has 3 saturated heterocycles. The van der Waals surface area contributed by atoms with Crippen molar-refractivity contribution >= 4 is 40.7 Å². The van der Waals surface area contributed by atoms with Gasteiger partial charge < -0.3 is 24.5 Å². The maximum absolute atomic E-state index is 14.9. The van der Waals surface area contributed by atoms with E-state index in [1.807, 2.05) is 60.7 Å². The van der Waals surface area contributed by atoms with E-state index in [9.17, 15) is 19.5 Å². The Morgan fingerprint density at radius 2 is 1.52 bits per heavy atom. The number of benzene rings is 3. The molecule has 1 N–H and O–H groups in total. The minimum atomic E-state index is -1.24. The number of carbonyl (C=O) groups excluding carboxylic acids is 3. The largest absolute Gasteiger partial charge is 0.394 e. The van der Waals surface area contributed by atoms with Crippen LogP contribution in [-0.2, 0) is 25.5 Å². The summed E-state index contributed by atoms with van der Waals surface area (Å²) in [5, 5.41) is 11.3. The van der Waals surface area contributed by atoms with Crippen LogP contribution in [0.5, 0.6) is 0 Å². The van der Waals surface area contributed by atoms with Gasteiger partial charge in [0.1, 0.15) is 11.6 Å². The van der Waals surface area contributed by atoms with Gasteiger partial charge in [-0.05, 0) is 61.2 Å². The molecule has 0 radical (unpaired) electrons. The van der Waals surface area contributed by atoms with Gasteiger partial charge in [-0.15, -0.1) is 13.2 Å². The first kappa shape index (κ1) is 31.7. The smallest absolute Gasteiger partial charge is 0.253 e. The topological polar surface area (TPSA) is 90.4 Å². The van der Waals surface area contributed by atoms with Gasteiger partial charge in [-0.2, -0.15) is 0 Å². The predicted octanol–water partition coefficient (Wildman–Crippen LogP) is 5.06. The van der Waals surface area contributed by atoms with E-state index < -0.39 is 35.6 Å². The maximum Gasteiger partial charge on any atom is 0.253 e. The Morgan fingerprint density at radius 3 is 2.13 bits per heavy atom. The molecule has 2 bridgehead atoms. The number of ether oxygens (including phenoxy) is 1. The highest BCUT2D eigenvalue weighted by molar-refractivity contribution is 6.30. The summed E-state index contributed by atoms with van der Waals surface area (Å²) in [7, 11) is 0. The van der Waals surface area contributed by atoms with Gasteiger partial charge in [0.25, 0.3) is 5.91 Å². The monoisotopic (exact) mass is 639 g/mol. The Bertz CT molecular complexity index is 1600. The first-order chi connectivity index (χ1) is 22.3. The Morgan fingerprint density at radius 1 is 0.935 bits per heavy atom. The number of carbonyl (C=O) groups is 3.